The molecule has 2 rings (SSSR count). The number of ether oxygens (including phenoxy) is 1. The molecule has 2 N–H and O–H groups in total. The number of piperidine rings is 1. The third-order valence-corrected chi connectivity index (χ3v) is 3.59. The van der Waals surface area contributed by atoms with E-state index in [0.29, 0.717) is 13.2 Å². The van der Waals surface area contributed by atoms with E-state index in [0.717, 1.165) is 18.2 Å². The molecule has 0 spiro atoms. The zero-order valence-electron chi connectivity index (χ0n) is 11.3. The van der Waals surface area contributed by atoms with Gasteiger partial charge in [-0.3, -0.25) is 4.90 Å². The molecule has 18 heavy (non-hydrogen) atoms. The van der Waals surface area contributed by atoms with Crippen molar-refractivity contribution in [2.45, 2.75) is 26.3 Å². The Labute approximate surface area is 110 Å². The lowest BCUT2D eigenvalue weighted by Crippen LogP contribution is -2.32. The van der Waals surface area contributed by atoms with Crippen LogP contribution < -0.4 is 10.5 Å². The fourth-order valence-electron chi connectivity index (χ4n) is 2.35. The Morgan fingerprint density at radius 3 is 2.50 bits per heavy atom. The van der Waals surface area contributed by atoms with Crippen LogP contribution in [-0.2, 0) is 6.54 Å². The number of hydrogen-bond donors (Lipinski definition) is 1. The van der Waals surface area contributed by atoms with Crippen molar-refractivity contribution in [3.8, 4) is 5.75 Å². The monoisotopic (exact) mass is 248 g/mol. The lowest BCUT2D eigenvalue weighted by molar-refractivity contribution is 0.185. The summed E-state index contributed by atoms with van der Waals surface area (Å²) < 4.78 is 5.48. The Morgan fingerprint density at radius 1 is 1.22 bits per heavy atom. The molecule has 0 saturated carbocycles. The molecule has 0 amide bonds. The molecule has 0 aromatic heterocycles. The normalized spacial score (nSPS) is 17.9. The van der Waals surface area contributed by atoms with Gasteiger partial charge in [-0.25, -0.2) is 0 Å². The number of likely N-dealkylation sites (tertiary alicyclic amines) is 1. The summed E-state index contributed by atoms with van der Waals surface area (Å²) in [5.74, 6) is 1.81. The third-order valence-electron chi connectivity index (χ3n) is 3.59. The molecule has 3 nitrogen and oxygen atoms in total. The fourth-order valence-corrected chi connectivity index (χ4v) is 2.35. The minimum atomic E-state index is 0.563. The van der Waals surface area contributed by atoms with Gasteiger partial charge in [0.05, 0.1) is 0 Å². The predicted octanol–water partition coefficient (Wildman–Crippen LogP) is 2.26. The van der Waals surface area contributed by atoms with E-state index >= 15 is 0 Å². The molecule has 0 radical (unpaired) electrons. The number of benzene rings is 1. The second-order valence-electron chi connectivity index (χ2n) is 5.24. The van der Waals surface area contributed by atoms with Crippen LogP contribution >= 0.6 is 0 Å². The molecule has 1 aliphatic rings. The van der Waals surface area contributed by atoms with Gasteiger partial charge in [0.25, 0.3) is 0 Å². The molecule has 100 valence electrons. The van der Waals surface area contributed by atoms with Crippen molar-refractivity contribution in [2.75, 3.05) is 26.2 Å². The second-order valence-corrected chi connectivity index (χ2v) is 5.24. The van der Waals surface area contributed by atoms with Gasteiger partial charge in [0.1, 0.15) is 12.4 Å². The van der Waals surface area contributed by atoms with Crippen molar-refractivity contribution in [3.05, 3.63) is 29.8 Å². The number of rotatable bonds is 5. The molecule has 0 atom stereocenters. The van der Waals surface area contributed by atoms with Crippen LogP contribution in [-0.4, -0.2) is 31.1 Å². The minimum absolute atomic E-state index is 0.563. The van der Waals surface area contributed by atoms with Gasteiger partial charge >= 0.3 is 0 Å². The quantitative estimate of drug-likeness (QED) is 0.868. The molecule has 1 fully saturated rings. The molecule has 0 aliphatic carbocycles. The van der Waals surface area contributed by atoms with Crippen LogP contribution in [0.1, 0.15) is 25.3 Å². The van der Waals surface area contributed by atoms with Crippen molar-refractivity contribution in [1.82, 2.24) is 4.90 Å². The van der Waals surface area contributed by atoms with E-state index in [9.17, 15) is 0 Å². The SMILES string of the molecule is CC1CCN(Cc2ccc(OCCN)cc2)CC1. The first-order valence-electron chi connectivity index (χ1n) is 6.92. The van der Waals surface area contributed by atoms with Gasteiger partial charge in [-0.2, -0.15) is 0 Å². The molecule has 0 unspecified atom stereocenters. The Kier molecular flexibility index (Phi) is 5.02. The average Bonchev–Trinajstić information content (AvgIpc) is 2.41. The van der Waals surface area contributed by atoms with E-state index < -0.39 is 0 Å². The molecule has 1 aliphatic heterocycles. The smallest absolute Gasteiger partial charge is 0.119 e. The van der Waals surface area contributed by atoms with Crippen LogP contribution in [0.15, 0.2) is 24.3 Å². The van der Waals surface area contributed by atoms with Crippen LogP contribution in [0.5, 0.6) is 5.75 Å². The maximum Gasteiger partial charge on any atom is 0.119 e. The largest absolute Gasteiger partial charge is 0.492 e. The van der Waals surface area contributed by atoms with Gasteiger partial charge in [0, 0.05) is 13.1 Å². The summed E-state index contributed by atoms with van der Waals surface area (Å²) in [7, 11) is 0. The summed E-state index contributed by atoms with van der Waals surface area (Å²) in [5, 5.41) is 0. The highest BCUT2D eigenvalue weighted by Gasteiger charge is 2.15. The molecule has 1 aromatic carbocycles. The van der Waals surface area contributed by atoms with E-state index in [1.165, 1.54) is 31.5 Å². The first-order chi connectivity index (χ1) is 8.78. The Balaban J connectivity index is 1.82. The minimum Gasteiger partial charge on any atom is -0.492 e. The lowest BCUT2D eigenvalue weighted by Gasteiger charge is -2.30. The molecular weight excluding hydrogens is 224 g/mol. The third kappa shape index (κ3) is 4.00. The highest BCUT2D eigenvalue weighted by atomic mass is 16.5. The molecule has 0 bridgehead atoms. The summed E-state index contributed by atoms with van der Waals surface area (Å²) in [6, 6.07) is 8.39. The van der Waals surface area contributed by atoms with Crippen molar-refractivity contribution >= 4 is 0 Å². The van der Waals surface area contributed by atoms with Gasteiger partial charge < -0.3 is 10.5 Å². The number of hydrogen-bond acceptors (Lipinski definition) is 3. The number of nitrogens with two attached hydrogens (primary N) is 1. The highest BCUT2D eigenvalue weighted by Crippen LogP contribution is 2.19. The van der Waals surface area contributed by atoms with Gasteiger partial charge in [0.2, 0.25) is 0 Å². The van der Waals surface area contributed by atoms with E-state index in [4.69, 9.17) is 10.5 Å². The van der Waals surface area contributed by atoms with Crippen LogP contribution in [0.25, 0.3) is 0 Å². The molecule has 1 saturated heterocycles. The van der Waals surface area contributed by atoms with Crippen molar-refractivity contribution in [1.29, 1.82) is 0 Å². The van der Waals surface area contributed by atoms with Crippen LogP contribution in [0.4, 0.5) is 0 Å². The zero-order chi connectivity index (χ0) is 12.8. The molecule has 1 aromatic rings. The summed E-state index contributed by atoms with van der Waals surface area (Å²) in [5.41, 5.74) is 6.77. The average molecular weight is 248 g/mol. The van der Waals surface area contributed by atoms with E-state index in [1.54, 1.807) is 0 Å². The zero-order valence-corrected chi connectivity index (χ0v) is 11.3. The molecular formula is C15H24N2O. The van der Waals surface area contributed by atoms with Crippen LogP contribution in [0.3, 0.4) is 0 Å². The predicted molar refractivity (Wildman–Crippen MR) is 74.7 cm³/mol. The van der Waals surface area contributed by atoms with Crippen molar-refractivity contribution in [2.24, 2.45) is 11.7 Å². The fraction of sp³-hybridized carbons (Fsp3) is 0.600. The first kappa shape index (κ1) is 13.4. The second kappa shape index (κ2) is 6.76. The maximum atomic E-state index is 5.48. The van der Waals surface area contributed by atoms with Gasteiger partial charge in [-0.05, 0) is 49.5 Å². The Morgan fingerprint density at radius 2 is 1.89 bits per heavy atom. The summed E-state index contributed by atoms with van der Waals surface area (Å²) >= 11 is 0. The maximum absolute atomic E-state index is 5.48. The molecule has 3 heteroatoms. The van der Waals surface area contributed by atoms with Gasteiger partial charge in [-0.15, -0.1) is 0 Å². The summed E-state index contributed by atoms with van der Waals surface area (Å²) in [6.45, 7) is 7.01. The van der Waals surface area contributed by atoms with Crippen LogP contribution in [0, 0.1) is 5.92 Å². The Bertz CT molecular complexity index is 342. The summed E-state index contributed by atoms with van der Waals surface area (Å²) in [4.78, 5) is 2.54. The van der Waals surface area contributed by atoms with Gasteiger partial charge in [0.15, 0.2) is 0 Å². The highest BCUT2D eigenvalue weighted by molar-refractivity contribution is 5.27. The topological polar surface area (TPSA) is 38.5 Å². The lowest BCUT2D eigenvalue weighted by atomic mass is 9.99. The molecule has 1 heterocycles. The van der Waals surface area contributed by atoms with E-state index in [2.05, 4.69) is 24.0 Å². The first-order valence-corrected chi connectivity index (χ1v) is 6.92. The van der Waals surface area contributed by atoms with Crippen molar-refractivity contribution in [3.63, 3.8) is 0 Å². The Hall–Kier alpha value is -1.06. The van der Waals surface area contributed by atoms with Crippen molar-refractivity contribution < 1.29 is 4.74 Å². The summed E-state index contributed by atoms with van der Waals surface area (Å²) in [6.07, 6.45) is 2.66. The van der Waals surface area contributed by atoms with E-state index in [-0.39, 0.29) is 0 Å². The number of nitrogens with zero attached hydrogens (tertiary/aromatic N) is 1. The van der Waals surface area contributed by atoms with Crippen LogP contribution in [0.2, 0.25) is 0 Å². The van der Waals surface area contributed by atoms with Gasteiger partial charge in [-0.1, -0.05) is 19.1 Å². The van der Waals surface area contributed by atoms with E-state index in [1.807, 2.05) is 12.1 Å². The standard InChI is InChI=1S/C15H24N2O/c1-13-6-9-17(10-7-13)12-14-2-4-15(5-3-14)18-11-8-16/h2-5,13H,6-12,16H2,1H3.